The molecule has 0 radical (unpaired) electrons. The maximum atomic E-state index is 12.4. The molecule has 0 aromatic carbocycles. The number of methoxy groups -OCH3 is 1. The zero-order chi connectivity index (χ0) is 15.9. The first kappa shape index (κ1) is 16.1. The molecule has 5 nitrogen and oxygen atoms in total. The van der Waals surface area contributed by atoms with E-state index in [0.717, 1.165) is 38.5 Å². The van der Waals surface area contributed by atoms with E-state index in [1.54, 1.807) is 7.11 Å². The van der Waals surface area contributed by atoms with Crippen LogP contribution in [0.1, 0.15) is 59.3 Å². The van der Waals surface area contributed by atoms with Gasteiger partial charge in [0.05, 0.1) is 6.10 Å². The maximum absolute atomic E-state index is 12.4. The number of fused-ring (bicyclic) bond motifs is 2. The minimum atomic E-state index is -0.410. The van der Waals surface area contributed by atoms with Crippen LogP contribution in [0.4, 0.5) is 4.79 Å². The van der Waals surface area contributed by atoms with Crippen LogP contribution in [0.5, 0.6) is 0 Å². The second-order valence-electron chi connectivity index (χ2n) is 8.13. The molecule has 3 aliphatic rings. The van der Waals surface area contributed by atoms with Crippen LogP contribution in [0.3, 0.4) is 0 Å². The SMILES string of the molecule is COC1CC(NC2CC3CCC(C2)N3C(=O)OC(C)(C)C)C1. The van der Waals surface area contributed by atoms with Crippen LogP contribution >= 0.6 is 0 Å². The fourth-order valence-corrected chi connectivity index (χ4v) is 4.15. The number of nitrogens with one attached hydrogen (secondary N) is 1. The van der Waals surface area contributed by atoms with Crippen LogP contribution in [0.2, 0.25) is 0 Å². The summed E-state index contributed by atoms with van der Waals surface area (Å²) in [7, 11) is 1.79. The predicted molar refractivity (Wildman–Crippen MR) is 84.9 cm³/mol. The van der Waals surface area contributed by atoms with Crippen molar-refractivity contribution in [2.75, 3.05) is 7.11 Å². The van der Waals surface area contributed by atoms with Crippen LogP contribution < -0.4 is 5.32 Å². The number of carbonyl (C=O) groups is 1. The third-order valence-corrected chi connectivity index (χ3v) is 5.24. The van der Waals surface area contributed by atoms with Gasteiger partial charge in [-0.2, -0.15) is 0 Å². The molecule has 2 heterocycles. The fraction of sp³-hybridized carbons (Fsp3) is 0.941. The number of hydrogen-bond donors (Lipinski definition) is 1. The van der Waals surface area contributed by atoms with Gasteiger partial charge in [-0.1, -0.05) is 0 Å². The Labute approximate surface area is 133 Å². The fourth-order valence-electron chi connectivity index (χ4n) is 4.15. The topological polar surface area (TPSA) is 50.8 Å². The minimum Gasteiger partial charge on any atom is -0.444 e. The lowest BCUT2D eigenvalue weighted by molar-refractivity contribution is -0.00430. The van der Waals surface area contributed by atoms with Gasteiger partial charge in [0, 0.05) is 31.3 Å². The molecule has 0 spiro atoms. The van der Waals surface area contributed by atoms with Crippen molar-refractivity contribution in [2.24, 2.45) is 0 Å². The molecule has 2 atom stereocenters. The zero-order valence-electron chi connectivity index (χ0n) is 14.3. The van der Waals surface area contributed by atoms with E-state index in [1.165, 1.54) is 0 Å². The van der Waals surface area contributed by atoms with Crippen LogP contribution in [0.15, 0.2) is 0 Å². The number of rotatable bonds is 3. The number of piperidine rings is 1. The van der Waals surface area contributed by atoms with Gasteiger partial charge in [0.2, 0.25) is 0 Å². The van der Waals surface area contributed by atoms with Gasteiger partial charge in [-0.15, -0.1) is 0 Å². The third kappa shape index (κ3) is 3.40. The average Bonchev–Trinajstić information content (AvgIpc) is 2.63. The highest BCUT2D eigenvalue weighted by molar-refractivity contribution is 5.69. The highest BCUT2D eigenvalue weighted by atomic mass is 16.6. The molecule has 1 amide bonds. The molecule has 2 saturated heterocycles. The highest BCUT2D eigenvalue weighted by Gasteiger charge is 2.45. The summed E-state index contributed by atoms with van der Waals surface area (Å²) in [6.45, 7) is 5.80. The third-order valence-electron chi connectivity index (χ3n) is 5.24. The Morgan fingerprint density at radius 2 is 1.59 bits per heavy atom. The van der Waals surface area contributed by atoms with Crippen molar-refractivity contribution in [1.29, 1.82) is 0 Å². The van der Waals surface area contributed by atoms with Crippen molar-refractivity contribution >= 4 is 6.09 Å². The van der Waals surface area contributed by atoms with E-state index in [2.05, 4.69) is 5.32 Å². The lowest BCUT2D eigenvalue weighted by Crippen LogP contribution is -2.56. The van der Waals surface area contributed by atoms with Gasteiger partial charge in [-0.05, 0) is 59.3 Å². The van der Waals surface area contributed by atoms with Crippen molar-refractivity contribution in [1.82, 2.24) is 10.2 Å². The normalized spacial score (nSPS) is 37.8. The average molecular weight is 310 g/mol. The van der Waals surface area contributed by atoms with Crippen LogP contribution in [0.25, 0.3) is 0 Å². The van der Waals surface area contributed by atoms with Crippen molar-refractivity contribution < 1.29 is 14.3 Å². The van der Waals surface area contributed by atoms with Crippen molar-refractivity contribution in [3.05, 3.63) is 0 Å². The van der Waals surface area contributed by atoms with Gasteiger partial charge in [0.1, 0.15) is 5.60 Å². The lowest BCUT2D eigenvalue weighted by Gasteiger charge is -2.43. The molecule has 0 aromatic rings. The minimum absolute atomic E-state index is 0.124. The number of nitrogens with zero attached hydrogens (tertiary/aromatic N) is 1. The van der Waals surface area contributed by atoms with E-state index < -0.39 is 5.60 Å². The standard InChI is InChI=1S/C17H30N2O3/c1-17(2,3)22-16(20)19-13-5-6-14(19)8-11(7-13)18-12-9-15(10-12)21-4/h11-15,18H,5-10H2,1-4H3. The Morgan fingerprint density at radius 3 is 2.09 bits per heavy atom. The van der Waals surface area contributed by atoms with E-state index in [0.29, 0.717) is 30.3 Å². The molecule has 2 aliphatic heterocycles. The van der Waals surface area contributed by atoms with Gasteiger partial charge in [-0.25, -0.2) is 4.79 Å². The number of hydrogen-bond acceptors (Lipinski definition) is 4. The second kappa shape index (κ2) is 6.00. The Bertz CT molecular complexity index is 401. The summed E-state index contributed by atoms with van der Waals surface area (Å²) < 4.78 is 10.9. The van der Waals surface area contributed by atoms with Crippen molar-refractivity contribution in [3.8, 4) is 0 Å². The molecular weight excluding hydrogens is 280 g/mol. The largest absolute Gasteiger partial charge is 0.444 e. The van der Waals surface area contributed by atoms with Gasteiger partial charge < -0.3 is 19.7 Å². The second-order valence-corrected chi connectivity index (χ2v) is 8.13. The van der Waals surface area contributed by atoms with E-state index in [4.69, 9.17) is 9.47 Å². The highest BCUT2D eigenvalue weighted by Crippen LogP contribution is 2.37. The molecule has 3 fully saturated rings. The first-order chi connectivity index (χ1) is 10.4. The molecular formula is C17H30N2O3. The van der Waals surface area contributed by atoms with Crippen LogP contribution in [-0.2, 0) is 9.47 Å². The van der Waals surface area contributed by atoms with Crippen LogP contribution in [0, 0.1) is 0 Å². The summed E-state index contributed by atoms with van der Waals surface area (Å²) in [5.41, 5.74) is -0.410. The molecule has 1 aliphatic carbocycles. The smallest absolute Gasteiger partial charge is 0.410 e. The predicted octanol–water partition coefficient (Wildman–Crippen LogP) is 2.68. The molecule has 1 N–H and O–H groups in total. The van der Waals surface area contributed by atoms with E-state index in [1.807, 2.05) is 25.7 Å². The molecule has 5 heteroatoms. The quantitative estimate of drug-likeness (QED) is 0.871. The number of amides is 1. The van der Waals surface area contributed by atoms with Gasteiger partial charge in [-0.3, -0.25) is 0 Å². The monoisotopic (exact) mass is 310 g/mol. The summed E-state index contributed by atoms with van der Waals surface area (Å²) in [5.74, 6) is 0. The Kier molecular flexibility index (Phi) is 4.38. The first-order valence-corrected chi connectivity index (χ1v) is 8.66. The summed E-state index contributed by atoms with van der Waals surface area (Å²) >= 11 is 0. The Morgan fingerprint density at radius 1 is 1.05 bits per heavy atom. The van der Waals surface area contributed by atoms with Crippen molar-refractivity contribution in [2.45, 2.75) is 95.2 Å². The number of carbonyl (C=O) groups excluding carboxylic acids is 1. The summed E-state index contributed by atoms with van der Waals surface area (Å²) in [6.07, 6.45) is 6.92. The van der Waals surface area contributed by atoms with Gasteiger partial charge >= 0.3 is 6.09 Å². The molecule has 126 valence electrons. The summed E-state index contributed by atoms with van der Waals surface area (Å²) in [4.78, 5) is 14.4. The molecule has 2 bridgehead atoms. The van der Waals surface area contributed by atoms with Crippen molar-refractivity contribution in [3.63, 3.8) is 0 Å². The van der Waals surface area contributed by atoms with Crippen LogP contribution in [-0.4, -0.2) is 54.0 Å². The van der Waals surface area contributed by atoms with E-state index in [9.17, 15) is 4.79 Å². The zero-order valence-corrected chi connectivity index (χ0v) is 14.3. The van der Waals surface area contributed by atoms with Gasteiger partial charge in [0.25, 0.3) is 0 Å². The van der Waals surface area contributed by atoms with Gasteiger partial charge in [0.15, 0.2) is 0 Å². The van der Waals surface area contributed by atoms with E-state index >= 15 is 0 Å². The first-order valence-electron chi connectivity index (χ1n) is 8.66. The lowest BCUT2D eigenvalue weighted by atomic mass is 9.87. The molecule has 1 saturated carbocycles. The molecule has 0 aromatic heterocycles. The van der Waals surface area contributed by atoms with E-state index in [-0.39, 0.29) is 6.09 Å². The summed E-state index contributed by atoms with van der Waals surface area (Å²) in [6, 6.07) is 1.84. The summed E-state index contributed by atoms with van der Waals surface area (Å²) in [5, 5.41) is 3.77. The molecule has 3 rings (SSSR count). The maximum Gasteiger partial charge on any atom is 0.410 e. The Balaban J connectivity index is 1.52. The Hall–Kier alpha value is -0.810. The molecule has 22 heavy (non-hydrogen) atoms. The molecule has 2 unspecified atom stereocenters. The number of ether oxygens (including phenoxy) is 2.